The number of anilines is 1. The van der Waals surface area contributed by atoms with Gasteiger partial charge in [-0.3, -0.25) is 14.9 Å². The molecule has 1 aliphatic heterocycles. The van der Waals surface area contributed by atoms with E-state index in [0.29, 0.717) is 12.2 Å². The Morgan fingerprint density at radius 2 is 2.28 bits per heavy atom. The summed E-state index contributed by atoms with van der Waals surface area (Å²) in [6.45, 7) is 4.00. The molecular weight excluding hydrogens is 298 g/mol. The summed E-state index contributed by atoms with van der Waals surface area (Å²) in [7, 11) is 0. The Morgan fingerprint density at radius 3 is 2.89 bits per heavy atom. The van der Waals surface area contributed by atoms with Crippen LogP contribution in [0.1, 0.15) is 18.9 Å². The summed E-state index contributed by atoms with van der Waals surface area (Å²) in [6.07, 6.45) is 2.31. The quantitative estimate of drug-likeness (QED) is 0.839. The summed E-state index contributed by atoms with van der Waals surface area (Å²) in [5.74, 6) is 0.153. The van der Waals surface area contributed by atoms with E-state index in [2.05, 4.69) is 26.2 Å². The smallest absolute Gasteiger partial charge is 0.249 e. The summed E-state index contributed by atoms with van der Waals surface area (Å²) >= 11 is 3.35. The predicted molar refractivity (Wildman–Crippen MR) is 71.2 cm³/mol. The van der Waals surface area contributed by atoms with E-state index in [-0.39, 0.29) is 24.4 Å². The first kappa shape index (κ1) is 13.0. The topological polar surface area (TPSA) is 62.3 Å². The number of nitrogens with zero attached hydrogens (tertiary/aromatic N) is 2. The van der Waals surface area contributed by atoms with Crippen LogP contribution in [0.2, 0.25) is 0 Å². The highest BCUT2D eigenvalue weighted by Gasteiger charge is 2.33. The molecule has 1 aromatic heterocycles. The van der Waals surface area contributed by atoms with Gasteiger partial charge in [-0.1, -0.05) is 6.92 Å². The molecule has 2 heterocycles. The number of carbonyl (C=O) groups excluding carboxylic acids is 2. The van der Waals surface area contributed by atoms with E-state index in [1.165, 1.54) is 0 Å². The summed E-state index contributed by atoms with van der Waals surface area (Å²) < 4.78 is 0.879. The Kier molecular flexibility index (Phi) is 3.65. The molecule has 1 atom stereocenters. The van der Waals surface area contributed by atoms with Crippen LogP contribution < -0.4 is 10.2 Å². The van der Waals surface area contributed by atoms with Crippen molar-refractivity contribution in [3.8, 4) is 0 Å². The molecule has 96 valence electrons. The first-order chi connectivity index (χ1) is 8.52. The number of carbonyl (C=O) groups is 2. The maximum Gasteiger partial charge on any atom is 0.249 e. The van der Waals surface area contributed by atoms with Crippen LogP contribution in [0.15, 0.2) is 16.7 Å². The molecule has 0 saturated carbocycles. The van der Waals surface area contributed by atoms with Gasteiger partial charge in [0.1, 0.15) is 11.9 Å². The minimum Gasteiger partial charge on any atom is -0.335 e. The first-order valence-corrected chi connectivity index (χ1v) is 6.54. The number of hydrogen-bond acceptors (Lipinski definition) is 4. The number of aryl methyl sites for hydroxylation is 1. The molecule has 1 aliphatic rings. The Balaban J connectivity index is 2.39. The van der Waals surface area contributed by atoms with Crippen LogP contribution in [0.5, 0.6) is 0 Å². The molecular formula is C12H14BrN3O2. The fraction of sp³-hybridized carbons (Fsp3) is 0.417. The number of pyridine rings is 1. The van der Waals surface area contributed by atoms with Crippen molar-refractivity contribution < 1.29 is 9.59 Å². The van der Waals surface area contributed by atoms with E-state index in [4.69, 9.17) is 0 Å². The molecule has 18 heavy (non-hydrogen) atoms. The van der Waals surface area contributed by atoms with Gasteiger partial charge in [0.25, 0.3) is 0 Å². The van der Waals surface area contributed by atoms with Crippen molar-refractivity contribution in [1.29, 1.82) is 0 Å². The molecule has 0 aliphatic carbocycles. The van der Waals surface area contributed by atoms with Gasteiger partial charge < -0.3 is 4.90 Å². The molecule has 1 unspecified atom stereocenters. The van der Waals surface area contributed by atoms with Crippen molar-refractivity contribution in [3.63, 3.8) is 0 Å². The number of imide groups is 1. The van der Waals surface area contributed by atoms with Crippen molar-refractivity contribution in [1.82, 2.24) is 10.3 Å². The van der Waals surface area contributed by atoms with Crippen LogP contribution in [0, 0.1) is 6.92 Å². The zero-order chi connectivity index (χ0) is 13.3. The maximum atomic E-state index is 11.8. The van der Waals surface area contributed by atoms with E-state index in [0.717, 1.165) is 10.0 Å². The van der Waals surface area contributed by atoms with E-state index in [1.54, 1.807) is 11.1 Å². The second-order valence-electron chi connectivity index (χ2n) is 4.26. The zero-order valence-corrected chi connectivity index (χ0v) is 11.8. The molecule has 6 heteroatoms. The van der Waals surface area contributed by atoms with Crippen LogP contribution in [0.4, 0.5) is 5.82 Å². The SMILES string of the molecule is CCC1C(=O)NC(=O)CN1c1ncc(Br)cc1C. The van der Waals surface area contributed by atoms with Crippen molar-refractivity contribution in [3.05, 3.63) is 22.3 Å². The lowest BCUT2D eigenvalue weighted by Crippen LogP contribution is -2.58. The Hall–Kier alpha value is -1.43. The maximum absolute atomic E-state index is 11.8. The molecule has 2 amide bonds. The third kappa shape index (κ3) is 2.38. The third-order valence-electron chi connectivity index (χ3n) is 2.93. The Labute approximate surface area is 114 Å². The minimum absolute atomic E-state index is 0.166. The van der Waals surface area contributed by atoms with Crippen molar-refractivity contribution in [2.24, 2.45) is 0 Å². The van der Waals surface area contributed by atoms with E-state index in [1.807, 2.05) is 19.9 Å². The van der Waals surface area contributed by atoms with Gasteiger partial charge >= 0.3 is 0 Å². The molecule has 2 rings (SSSR count). The fourth-order valence-corrected chi connectivity index (χ4v) is 2.57. The lowest BCUT2D eigenvalue weighted by atomic mass is 10.1. The van der Waals surface area contributed by atoms with Gasteiger partial charge in [-0.25, -0.2) is 4.98 Å². The van der Waals surface area contributed by atoms with E-state index in [9.17, 15) is 9.59 Å². The summed E-state index contributed by atoms with van der Waals surface area (Å²) in [4.78, 5) is 29.4. The van der Waals surface area contributed by atoms with Gasteiger partial charge in [0.2, 0.25) is 11.8 Å². The van der Waals surface area contributed by atoms with Gasteiger partial charge in [0.15, 0.2) is 0 Å². The van der Waals surface area contributed by atoms with Crippen LogP contribution >= 0.6 is 15.9 Å². The van der Waals surface area contributed by atoms with E-state index >= 15 is 0 Å². The van der Waals surface area contributed by atoms with Crippen LogP contribution in [-0.2, 0) is 9.59 Å². The van der Waals surface area contributed by atoms with Gasteiger partial charge in [0, 0.05) is 10.7 Å². The highest BCUT2D eigenvalue weighted by Crippen LogP contribution is 2.24. The summed E-state index contributed by atoms with van der Waals surface area (Å²) in [6, 6.07) is 1.58. The second-order valence-corrected chi connectivity index (χ2v) is 5.17. The normalized spacial score (nSPS) is 19.9. The molecule has 0 radical (unpaired) electrons. The predicted octanol–water partition coefficient (Wildman–Crippen LogP) is 1.39. The van der Waals surface area contributed by atoms with Crippen molar-refractivity contribution >= 4 is 33.6 Å². The molecule has 1 N–H and O–H groups in total. The van der Waals surface area contributed by atoms with Crippen molar-refractivity contribution in [2.45, 2.75) is 26.3 Å². The molecule has 0 bridgehead atoms. The van der Waals surface area contributed by atoms with Gasteiger partial charge in [0.05, 0.1) is 6.54 Å². The molecule has 1 aromatic rings. The number of rotatable bonds is 2. The third-order valence-corrected chi connectivity index (χ3v) is 3.37. The molecule has 5 nitrogen and oxygen atoms in total. The average molecular weight is 312 g/mol. The highest BCUT2D eigenvalue weighted by molar-refractivity contribution is 9.10. The Bertz CT molecular complexity index is 504. The van der Waals surface area contributed by atoms with Gasteiger partial charge in [-0.05, 0) is 40.9 Å². The first-order valence-electron chi connectivity index (χ1n) is 5.75. The lowest BCUT2D eigenvalue weighted by molar-refractivity contribution is -0.132. The molecule has 1 fully saturated rings. The summed E-state index contributed by atoms with van der Waals surface area (Å²) in [5.41, 5.74) is 0.935. The number of halogens is 1. The van der Waals surface area contributed by atoms with E-state index < -0.39 is 0 Å². The van der Waals surface area contributed by atoms with Crippen LogP contribution in [0.3, 0.4) is 0 Å². The minimum atomic E-state index is -0.338. The van der Waals surface area contributed by atoms with Gasteiger partial charge in [-0.2, -0.15) is 0 Å². The number of amides is 2. The Morgan fingerprint density at radius 1 is 1.56 bits per heavy atom. The molecule has 0 aromatic carbocycles. The second kappa shape index (κ2) is 5.06. The van der Waals surface area contributed by atoms with Crippen LogP contribution in [-0.4, -0.2) is 29.4 Å². The van der Waals surface area contributed by atoms with Crippen LogP contribution in [0.25, 0.3) is 0 Å². The zero-order valence-electron chi connectivity index (χ0n) is 10.2. The number of piperazine rings is 1. The molecule has 1 saturated heterocycles. The largest absolute Gasteiger partial charge is 0.335 e. The molecule has 0 spiro atoms. The number of nitrogens with one attached hydrogen (secondary N) is 1. The fourth-order valence-electron chi connectivity index (χ4n) is 2.13. The standard InChI is InChI=1S/C12H14BrN3O2/c1-3-9-12(18)15-10(17)6-16(9)11-7(2)4-8(13)5-14-11/h4-5,9H,3,6H2,1-2H3,(H,15,17,18). The highest BCUT2D eigenvalue weighted by atomic mass is 79.9. The number of hydrogen-bond donors (Lipinski definition) is 1. The lowest BCUT2D eigenvalue weighted by Gasteiger charge is -2.35. The van der Waals surface area contributed by atoms with Gasteiger partial charge in [-0.15, -0.1) is 0 Å². The monoisotopic (exact) mass is 311 g/mol. The number of aromatic nitrogens is 1. The summed E-state index contributed by atoms with van der Waals surface area (Å²) in [5, 5.41) is 2.35. The van der Waals surface area contributed by atoms with Crippen molar-refractivity contribution in [2.75, 3.05) is 11.4 Å². The average Bonchev–Trinajstić information content (AvgIpc) is 2.28.